The average Bonchev–Trinajstić information content (AvgIpc) is 3.41. The summed E-state index contributed by atoms with van der Waals surface area (Å²) in [5, 5.41) is 8.24. The van der Waals surface area contributed by atoms with Gasteiger partial charge < -0.3 is 15.0 Å². The lowest BCUT2D eigenvalue weighted by molar-refractivity contribution is -0.106. The summed E-state index contributed by atoms with van der Waals surface area (Å²) in [6.45, 7) is 8.29. The summed E-state index contributed by atoms with van der Waals surface area (Å²) in [7, 11) is 0. The molecule has 33 heavy (non-hydrogen) atoms. The van der Waals surface area contributed by atoms with E-state index in [1.165, 1.54) is 19.8 Å². The number of hydrogen-bond acceptors (Lipinski definition) is 7. The van der Waals surface area contributed by atoms with Gasteiger partial charge in [0.2, 0.25) is 0 Å². The Hall–Kier alpha value is -3.59. The molecule has 5 heterocycles. The number of nitrogens with zero attached hydrogens (tertiary/aromatic N) is 6. The molecule has 0 radical (unpaired) electrons. The Morgan fingerprint density at radius 3 is 2.64 bits per heavy atom. The lowest BCUT2D eigenvalue weighted by Crippen LogP contribution is -2.52. The maximum absolute atomic E-state index is 12.9. The Labute approximate surface area is 191 Å². The number of imidazole rings is 1. The second-order valence-electron chi connectivity index (χ2n) is 8.82. The summed E-state index contributed by atoms with van der Waals surface area (Å²) in [6, 6.07) is 7.49. The number of anilines is 1. The summed E-state index contributed by atoms with van der Waals surface area (Å²) < 4.78 is 3.39. The number of pyridine rings is 1. The van der Waals surface area contributed by atoms with Gasteiger partial charge in [-0.2, -0.15) is 5.10 Å². The van der Waals surface area contributed by atoms with Gasteiger partial charge in [0.1, 0.15) is 17.6 Å². The fourth-order valence-electron chi connectivity index (χ4n) is 4.44. The third-order valence-electron chi connectivity index (χ3n) is 6.23. The molecule has 0 amide bonds. The SMILES string of the molecule is CC=O.Cc1cn2nc(-c3cc(=O)n4cc(N5CCNC6(CC6)C5)ccc4n3)cc(C)c2n1. The van der Waals surface area contributed by atoms with Crippen molar-refractivity contribution < 1.29 is 4.79 Å². The molecule has 6 rings (SSSR count). The molecular formula is C24H27N7O2. The Morgan fingerprint density at radius 2 is 1.88 bits per heavy atom. The Kier molecular flexibility index (Phi) is 5.20. The predicted molar refractivity (Wildman–Crippen MR) is 127 cm³/mol. The van der Waals surface area contributed by atoms with Crippen molar-refractivity contribution in [2.45, 2.75) is 39.2 Å². The first-order valence-corrected chi connectivity index (χ1v) is 11.2. The summed E-state index contributed by atoms with van der Waals surface area (Å²) >= 11 is 0. The lowest BCUT2D eigenvalue weighted by Gasteiger charge is -2.35. The van der Waals surface area contributed by atoms with E-state index >= 15 is 0 Å². The zero-order chi connectivity index (χ0) is 23.2. The van der Waals surface area contributed by atoms with Gasteiger partial charge in [-0.25, -0.2) is 14.5 Å². The Bertz CT molecular complexity index is 1420. The van der Waals surface area contributed by atoms with Crippen molar-refractivity contribution in [2.75, 3.05) is 24.5 Å². The van der Waals surface area contributed by atoms with Crippen LogP contribution in [0.4, 0.5) is 5.69 Å². The van der Waals surface area contributed by atoms with Crippen LogP contribution in [-0.4, -0.2) is 55.4 Å². The van der Waals surface area contributed by atoms with Crippen LogP contribution in [0.2, 0.25) is 0 Å². The van der Waals surface area contributed by atoms with Gasteiger partial charge in [0.25, 0.3) is 5.56 Å². The van der Waals surface area contributed by atoms with Crippen molar-refractivity contribution >= 4 is 23.3 Å². The van der Waals surface area contributed by atoms with Crippen LogP contribution < -0.4 is 15.8 Å². The van der Waals surface area contributed by atoms with Gasteiger partial charge >= 0.3 is 0 Å². The first-order valence-electron chi connectivity index (χ1n) is 11.2. The second kappa shape index (κ2) is 8.08. The summed E-state index contributed by atoms with van der Waals surface area (Å²) in [4.78, 5) is 33.3. The number of hydrogen-bond donors (Lipinski definition) is 1. The highest BCUT2D eigenvalue weighted by Gasteiger charge is 2.45. The second-order valence-corrected chi connectivity index (χ2v) is 8.82. The highest BCUT2D eigenvalue weighted by Crippen LogP contribution is 2.38. The average molecular weight is 446 g/mol. The predicted octanol–water partition coefficient (Wildman–Crippen LogP) is 2.17. The summed E-state index contributed by atoms with van der Waals surface area (Å²) in [5.74, 6) is 0. The number of carbonyl (C=O) groups is 1. The van der Waals surface area contributed by atoms with Crippen molar-refractivity contribution in [3.05, 3.63) is 58.3 Å². The van der Waals surface area contributed by atoms with Crippen LogP contribution in [0.25, 0.3) is 22.7 Å². The third kappa shape index (κ3) is 4.00. The maximum atomic E-state index is 12.9. The van der Waals surface area contributed by atoms with E-state index < -0.39 is 0 Å². The van der Waals surface area contributed by atoms with Gasteiger partial charge in [-0.05, 0) is 57.4 Å². The number of carbonyl (C=O) groups excluding carboxylic acids is 1. The molecule has 4 aromatic heterocycles. The van der Waals surface area contributed by atoms with Crippen LogP contribution in [0.5, 0.6) is 0 Å². The molecule has 1 saturated carbocycles. The minimum atomic E-state index is -0.102. The van der Waals surface area contributed by atoms with E-state index in [0.717, 1.165) is 48.5 Å². The maximum Gasteiger partial charge on any atom is 0.258 e. The van der Waals surface area contributed by atoms with E-state index in [0.29, 0.717) is 17.0 Å². The molecule has 1 spiro atoms. The highest BCUT2D eigenvalue weighted by molar-refractivity contribution is 5.62. The van der Waals surface area contributed by atoms with Crippen LogP contribution in [-0.2, 0) is 4.79 Å². The van der Waals surface area contributed by atoms with Crippen molar-refractivity contribution in [2.24, 2.45) is 0 Å². The van der Waals surface area contributed by atoms with E-state index in [4.69, 9.17) is 9.78 Å². The molecule has 0 unspecified atom stereocenters. The zero-order valence-corrected chi connectivity index (χ0v) is 19.1. The van der Waals surface area contributed by atoms with Gasteiger partial charge in [-0.1, -0.05) is 0 Å². The third-order valence-corrected chi connectivity index (χ3v) is 6.23. The van der Waals surface area contributed by atoms with Crippen molar-refractivity contribution in [1.82, 2.24) is 29.3 Å². The largest absolute Gasteiger partial charge is 0.367 e. The number of piperazine rings is 1. The zero-order valence-electron chi connectivity index (χ0n) is 19.1. The van der Waals surface area contributed by atoms with Crippen LogP contribution in [0.3, 0.4) is 0 Å². The molecule has 0 atom stereocenters. The molecule has 1 saturated heterocycles. The molecule has 0 aromatic carbocycles. The molecule has 4 aromatic rings. The fourth-order valence-corrected chi connectivity index (χ4v) is 4.44. The number of rotatable bonds is 2. The summed E-state index contributed by atoms with van der Waals surface area (Å²) in [5.41, 5.74) is 5.84. The topological polar surface area (TPSA) is 96.9 Å². The molecule has 2 aliphatic rings. The smallest absolute Gasteiger partial charge is 0.258 e. The monoisotopic (exact) mass is 445 g/mol. The van der Waals surface area contributed by atoms with E-state index in [-0.39, 0.29) is 11.1 Å². The van der Waals surface area contributed by atoms with Gasteiger partial charge in [0.15, 0.2) is 5.65 Å². The standard InChI is InChI=1S/C22H23N7O.C2H4O/c1-14-9-18(26-29-11-15(2)24-21(14)29)17-10-20(30)28-12-16(3-4-19(28)25-17)27-8-7-23-22(13-27)5-6-22;1-2-3/h3-4,9-12,23H,5-8,13H2,1-2H3;2H,1H3. The van der Waals surface area contributed by atoms with Crippen molar-refractivity contribution in [1.29, 1.82) is 0 Å². The van der Waals surface area contributed by atoms with Gasteiger partial charge in [-0.15, -0.1) is 0 Å². The van der Waals surface area contributed by atoms with E-state index in [9.17, 15) is 4.79 Å². The molecule has 9 nitrogen and oxygen atoms in total. The molecule has 1 N–H and O–H groups in total. The van der Waals surface area contributed by atoms with Crippen LogP contribution >= 0.6 is 0 Å². The van der Waals surface area contributed by atoms with E-state index in [2.05, 4.69) is 26.4 Å². The van der Waals surface area contributed by atoms with Gasteiger partial charge in [-0.3, -0.25) is 9.20 Å². The first kappa shape index (κ1) is 21.3. The molecular weight excluding hydrogens is 418 g/mol. The minimum absolute atomic E-state index is 0.102. The Balaban J connectivity index is 0.000000724. The number of nitrogens with one attached hydrogen (secondary N) is 1. The highest BCUT2D eigenvalue weighted by atomic mass is 16.1. The number of aromatic nitrogens is 5. The van der Waals surface area contributed by atoms with Gasteiger partial charge in [0, 0.05) is 37.4 Å². The summed E-state index contributed by atoms with van der Waals surface area (Å²) in [6.07, 6.45) is 7.01. The molecule has 0 bridgehead atoms. The van der Waals surface area contributed by atoms with E-state index in [1.807, 2.05) is 38.4 Å². The van der Waals surface area contributed by atoms with Crippen LogP contribution in [0.15, 0.2) is 41.5 Å². The van der Waals surface area contributed by atoms with Gasteiger partial charge in [0.05, 0.1) is 23.3 Å². The first-order chi connectivity index (χ1) is 15.9. The quantitative estimate of drug-likeness (QED) is 0.472. The van der Waals surface area contributed by atoms with Crippen molar-refractivity contribution in [3.63, 3.8) is 0 Å². The molecule has 2 fully saturated rings. The Morgan fingerprint density at radius 1 is 1.09 bits per heavy atom. The number of aldehydes is 1. The number of fused-ring (bicyclic) bond motifs is 2. The lowest BCUT2D eigenvalue weighted by atomic mass is 10.1. The van der Waals surface area contributed by atoms with Crippen molar-refractivity contribution in [3.8, 4) is 11.4 Å². The van der Waals surface area contributed by atoms with Crippen LogP contribution in [0, 0.1) is 13.8 Å². The fraction of sp³-hybridized carbons (Fsp3) is 0.375. The van der Waals surface area contributed by atoms with E-state index in [1.54, 1.807) is 15.0 Å². The minimum Gasteiger partial charge on any atom is -0.367 e. The van der Waals surface area contributed by atoms with Crippen LogP contribution in [0.1, 0.15) is 31.0 Å². The molecule has 9 heteroatoms. The normalized spacial score (nSPS) is 16.6. The molecule has 1 aliphatic carbocycles. The molecule has 170 valence electrons. The molecule has 1 aliphatic heterocycles. The number of aryl methyl sites for hydroxylation is 2.